The van der Waals surface area contributed by atoms with Crippen LogP contribution in [0.5, 0.6) is 0 Å². The Morgan fingerprint density at radius 3 is 3.08 bits per heavy atom. The van der Waals surface area contributed by atoms with Crippen molar-refractivity contribution in [3.63, 3.8) is 0 Å². The maximum absolute atomic E-state index is 12.4. The van der Waals surface area contributed by atoms with Gasteiger partial charge in [-0.2, -0.15) is 5.10 Å². The van der Waals surface area contributed by atoms with E-state index in [0.29, 0.717) is 23.9 Å². The zero-order chi connectivity index (χ0) is 17.8. The Hall–Kier alpha value is -2.05. The SMILES string of the molecule is COCCc1cc(NC(=O)N[C@@H]2CCCc3ccc(Cl)cc32)n(C)n1. The Labute approximate surface area is 152 Å². The highest BCUT2D eigenvalue weighted by Gasteiger charge is 2.22. The Balaban J connectivity index is 1.66. The lowest BCUT2D eigenvalue weighted by molar-refractivity contribution is 0.201. The Kier molecular flexibility index (Phi) is 5.60. The molecule has 1 heterocycles. The van der Waals surface area contributed by atoms with E-state index in [-0.39, 0.29) is 12.1 Å². The standard InChI is InChI=1S/C18H23ClN4O2/c1-23-17(11-14(22-23)8-9-25-2)21-18(24)20-16-5-3-4-12-6-7-13(19)10-15(12)16/h6-7,10-11,16H,3-5,8-9H2,1-2H3,(H2,20,21,24)/t16-/m1/s1. The van der Waals surface area contributed by atoms with Crippen LogP contribution < -0.4 is 10.6 Å². The van der Waals surface area contributed by atoms with Crippen LogP contribution >= 0.6 is 11.6 Å². The van der Waals surface area contributed by atoms with Crippen molar-refractivity contribution < 1.29 is 9.53 Å². The molecule has 0 aliphatic heterocycles. The minimum absolute atomic E-state index is 0.0244. The number of nitrogens with one attached hydrogen (secondary N) is 2. The van der Waals surface area contributed by atoms with Crippen molar-refractivity contribution in [1.29, 1.82) is 0 Å². The first kappa shape index (κ1) is 17.8. The molecule has 0 fully saturated rings. The normalized spacial score (nSPS) is 16.4. The van der Waals surface area contributed by atoms with Gasteiger partial charge in [-0.15, -0.1) is 0 Å². The summed E-state index contributed by atoms with van der Waals surface area (Å²) in [5.74, 6) is 0.658. The number of carbonyl (C=O) groups is 1. The van der Waals surface area contributed by atoms with Gasteiger partial charge in [-0.25, -0.2) is 4.79 Å². The van der Waals surface area contributed by atoms with Crippen LogP contribution in [0.1, 0.15) is 35.7 Å². The van der Waals surface area contributed by atoms with Crippen LogP contribution in [-0.4, -0.2) is 29.5 Å². The number of anilines is 1. The fourth-order valence-corrected chi connectivity index (χ4v) is 3.38. The number of benzene rings is 1. The van der Waals surface area contributed by atoms with E-state index in [1.54, 1.807) is 11.8 Å². The molecule has 0 spiro atoms. The molecule has 2 aromatic rings. The molecule has 1 aromatic carbocycles. The summed E-state index contributed by atoms with van der Waals surface area (Å²) >= 11 is 6.12. The van der Waals surface area contributed by atoms with Gasteiger partial charge in [0.1, 0.15) is 5.82 Å². The van der Waals surface area contributed by atoms with Gasteiger partial charge in [0.05, 0.1) is 18.3 Å². The number of rotatable bonds is 5. The van der Waals surface area contributed by atoms with Crippen LogP contribution in [0.15, 0.2) is 24.3 Å². The predicted molar refractivity (Wildman–Crippen MR) is 98.1 cm³/mol. The first-order valence-electron chi connectivity index (χ1n) is 8.44. The highest BCUT2D eigenvalue weighted by Crippen LogP contribution is 2.31. The molecule has 3 rings (SSSR count). The van der Waals surface area contributed by atoms with Crippen molar-refractivity contribution in [2.45, 2.75) is 31.7 Å². The molecule has 1 atom stereocenters. The number of methoxy groups -OCH3 is 1. The lowest BCUT2D eigenvalue weighted by Crippen LogP contribution is -2.34. The van der Waals surface area contributed by atoms with Crippen molar-refractivity contribution >= 4 is 23.4 Å². The van der Waals surface area contributed by atoms with Gasteiger partial charge in [-0.05, 0) is 42.5 Å². The van der Waals surface area contributed by atoms with Crippen molar-refractivity contribution in [3.05, 3.63) is 46.1 Å². The number of aromatic nitrogens is 2. The third kappa shape index (κ3) is 4.32. The second-order valence-electron chi connectivity index (χ2n) is 6.27. The van der Waals surface area contributed by atoms with Gasteiger partial charge in [0, 0.05) is 31.7 Å². The predicted octanol–water partition coefficient (Wildman–Crippen LogP) is 3.46. The molecule has 134 valence electrons. The average Bonchev–Trinajstić information content (AvgIpc) is 2.93. The Morgan fingerprint density at radius 1 is 1.44 bits per heavy atom. The Bertz CT molecular complexity index is 760. The van der Waals surface area contributed by atoms with Crippen LogP contribution in [0, 0.1) is 0 Å². The number of nitrogens with zero attached hydrogens (tertiary/aromatic N) is 2. The van der Waals surface area contributed by atoms with Crippen LogP contribution in [0.4, 0.5) is 10.6 Å². The van der Waals surface area contributed by atoms with Gasteiger partial charge in [0.15, 0.2) is 0 Å². The van der Waals surface area contributed by atoms with Crippen molar-refractivity contribution in [2.24, 2.45) is 7.05 Å². The summed E-state index contributed by atoms with van der Waals surface area (Å²) in [6.45, 7) is 0.599. The fraction of sp³-hybridized carbons (Fsp3) is 0.444. The summed E-state index contributed by atoms with van der Waals surface area (Å²) in [7, 11) is 3.46. The van der Waals surface area contributed by atoms with Crippen LogP contribution in [0.3, 0.4) is 0 Å². The van der Waals surface area contributed by atoms with Crippen LogP contribution in [-0.2, 0) is 24.6 Å². The second kappa shape index (κ2) is 7.89. The quantitative estimate of drug-likeness (QED) is 0.855. The molecule has 2 N–H and O–H groups in total. The van der Waals surface area contributed by atoms with Gasteiger partial charge in [-0.3, -0.25) is 10.00 Å². The molecule has 1 aliphatic carbocycles. The Morgan fingerprint density at radius 2 is 2.28 bits per heavy atom. The molecule has 0 bridgehead atoms. The molecule has 1 aromatic heterocycles. The average molecular weight is 363 g/mol. The number of aryl methyl sites for hydroxylation is 2. The smallest absolute Gasteiger partial charge is 0.320 e. The van der Waals surface area contributed by atoms with E-state index < -0.39 is 0 Å². The minimum atomic E-state index is -0.237. The van der Waals surface area contributed by atoms with E-state index in [1.165, 1.54) is 5.56 Å². The molecule has 7 heteroatoms. The maximum Gasteiger partial charge on any atom is 0.320 e. The number of hydrogen-bond donors (Lipinski definition) is 2. The first-order valence-corrected chi connectivity index (χ1v) is 8.82. The molecule has 0 saturated carbocycles. The van der Waals surface area contributed by atoms with E-state index in [0.717, 1.165) is 30.5 Å². The summed E-state index contributed by atoms with van der Waals surface area (Å²) in [5, 5.41) is 11.0. The van der Waals surface area contributed by atoms with E-state index in [1.807, 2.05) is 31.3 Å². The first-order chi connectivity index (χ1) is 12.1. The zero-order valence-corrected chi connectivity index (χ0v) is 15.3. The molecular weight excluding hydrogens is 340 g/mol. The summed E-state index contributed by atoms with van der Waals surface area (Å²) in [6.07, 6.45) is 3.69. The zero-order valence-electron chi connectivity index (χ0n) is 14.5. The molecule has 6 nitrogen and oxygen atoms in total. The number of carbonyl (C=O) groups excluding carboxylic acids is 1. The molecule has 0 saturated heterocycles. The number of urea groups is 1. The van der Waals surface area contributed by atoms with E-state index in [4.69, 9.17) is 16.3 Å². The van der Waals surface area contributed by atoms with Crippen molar-refractivity contribution in [3.8, 4) is 0 Å². The largest absolute Gasteiger partial charge is 0.384 e. The maximum atomic E-state index is 12.4. The van der Waals surface area contributed by atoms with Crippen molar-refractivity contribution in [2.75, 3.05) is 19.0 Å². The van der Waals surface area contributed by atoms with Crippen molar-refractivity contribution in [1.82, 2.24) is 15.1 Å². The third-order valence-electron chi connectivity index (χ3n) is 4.46. The van der Waals surface area contributed by atoms with Crippen LogP contribution in [0.2, 0.25) is 5.02 Å². The molecule has 0 radical (unpaired) electrons. The highest BCUT2D eigenvalue weighted by molar-refractivity contribution is 6.30. The summed E-state index contributed by atoms with van der Waals surface area (Å²) in [5.41, 5.74) is 3.25. The second-order valence-corrected chi connectivity index (χ2v) is 6.71. The topological polar surface area (TPSA) is 68.2 Å². The number of ether oxygens (including phenoxy) is 1. The number of halogens is 1. The summed E-state index contributed by atoms with van der Waals surface area (Å²) in [6, 6.07) is 7.51. The fourth-order valence-electron chi connectivity index (χ4n) is 3.20. The van der Waals surface area contributed by atoms with Gasteiger partial charge < -0.3 is 10.1 Å². The molecule has 2 amide bonds. The number of fused-ring (bicyclic) bond motifs is 1. The molecular formula is C18H23ClN4O2. The van der Waals surface area contributed by atoms with Gasteiger partial charge in [0.2, 0.25) is 0 Å². The molecule has 25 heavy (non-hydrogen) atoms. The number of hydrogen-bond acceptors (Lipinski definition) is 3. The lowest BCUT2D eigenvalue weighted by atomic mass is 9.88. The summed E-state index contributed by atoms with van der Waals surface area (Å²) in [4.78, 5) is 12.4. The number of amides is 2. The monoisotopic (exact) mass is 362 g/mol. The highest BCUT2D eigenvalue weighted by atomic mass is 35.5. The van der Waals surface area contributed by atoms with Gasteiger partial charge in [0.25, 0.3) is 0 Å². The lowest BCUT2D eigenvalue weighted by Gasteiger charge is -2.26. The van der Waals surface area contributed by atoms with Crippen LogP contribution in [0.25, 0.3) is 0 Å². The third-order valence-corrected chi connectivity index (χ3v) is 4.70. The van der Waals surface area contributed by atoms with E-state index >= 15 is 0 Å². The van der Waals surface area contributed by atoms with Gasteiger partial charge >= 0.3 is 6.03 Å². The van der Waals surface area contributed by atoms with Gasteiger partial charge in [-0.1, -0.05) is 17.7 Å². The van der Waals surface area contributed by atoms with E-state index in [2.05, 4.69) is 15.7 Å². The minimum Gasteiger partial charge on any atom is -0.384 e. The van der Waals surface area contributed by atoms with E-state index in [9.17, 15) is 4.79 Å². The molecule has 1 aliphatic rings. The molecule has 0 unspecified atom stereocenters. The summed E-state index contributed by atoms with van der Waals surface area (Å²) < 4.78 is 6.72.